The number of benzene rings is 2. The van der Waals surface area contributed by atoms with E-state index in [-0.39, 0.29) is 12.5 Å². The molecule has 0 saturated heterocycles. The van der Waals surface area contributed by atoms with Crippen LogP contribution in [0.3, 0.4) is 0 Å². The van der Waals surface area contributed by atoms with E-state index in [0.29, 0.717) is 23.2 Å². The van der Waals surface area contributed by atoms with Crippen LogP contribution in [0.4, 0.5) is 0 Å². The van der Waals surface area contributed by atoms with Gasteiger partial charge in [-0.15, -0.1) is 5.10 Å². The van der Waals surface area contributed by atoms with Gasteiger partial charge in [0.25, 0.3) is 0 Å². The maximum absolute atomic E-state index is 6.45. The Balaban J connectivity index is 1.37. The first-order valence-electron chi connectivity index (χ1n) is 12.3. The summed E-state index contributed by atoms with van der Waals surface area (Å²) in [6, 6.07) is 21.8. The summed E-state index contributed by atoms with van der Waals surface area (Å²) in [4.78, 5) is 13.9. The molecule has 4 aromatic heterocycles. The van der Waals surface area contributed by atoms with Gasteiger partial charge < -0.3 is 9.47 Å². The van der Waals surface area contributed by atoms with Gasteiger partial charge in [-0.3, -0.25) is 4.98 Å². The third-order valence-corrected chi connectivity index (χ3v) is 6.73. The average Bonchev–Trinajstić information content (AvgIpc) is 3.53. The molecule has 0 spiro atoms. The maximum Gasteiger partial charge on any atom is 0.230 e. The summed E-state index contributed by atoms with van der Waals surface area (Å²) in [5, 5.41) is 9.51. The molecule has 9 nitrogen and oxygen atoms in total. The van der Waals surface area contributed by atoms with Crippen molar-refractivity contribution in [2.45, 2.75) is 26.4 Å². The Hall–Kier alpha value is -5.05. The molecular formula is C29H23N7O2. The van der Waals surface area contributed by atoms with Crippen molar-refractivity contribution in [3.63, 3.8) is 0 Å². The van der Waals surface area contributed by atoms with E-state index in [9.17, 15) is 0 Å². The quantitative estimate of drug-likeness (QED) is 0.321. The molecule has 0 fully saturated rings. The van der Waals surface area contributed by atoms with Gasteiger partial charge in [0.15, 0.2) is 11.5 Å². The molecule has 0 saturated carbocycles. The smallest absolute Gasteiger partial charge is 0.230 e. The average molecular weight is 502 g/mol. The standard InChI is InChI=1S/C29H23N7O2/c1-18-9-6-7-13-22(18)37-16-23-32-27-26-25(20-10-8-14-30-15-20)24-19(2)33-36(21-11-4-3-5-12-21)29(24)38-28(26)31-17-35(27)34-23/h3-15,17,25H,16H2,1-2H3. The zero-order valence-electron chi connectivity index (χ0n) is 20.8. The summed E-state index contributed by atoms with van der Waals surface area (Å²) >= 11 is 0. The summed E-state index contributed by atoms with van der Waals surface area (Å²) in [6.07, 6.45) is 5.26. The maximum atomic E-state index is 6.45. The number of nitrogens with zero attached hydrogens (tertiary/aromatic N) is 7. The molecule has 0 aliphatic carbocycles. The molecule has 7 rings (SSSR count). The first-order valence-corrected chi connectivity index (χ1v) is 12.3. The summed E-state index contributed by atoms with van der Waals surface area (Å²) < 4.78 is 16.0. The Kier molecular flexibility index (Phi) is 5.14. The lowest BCUT2D eigenvalue weighted by Gasteiger charge is -2.26. The predicted molar refractivity (Wildman–Crippen MR) is 140 cm³/mol. The van der Waals surface area contributed by atoms with Crippen molar-refractivity contribution in [3.8, 4) is 23.2 Å². The predicted octanol–water partition coefficient (Wildman–Crippen LogP) is 5.19. The molecule has 1 unspecified atom stereocenters. The van der Waals surface area contributed by atoms with E-state index in [1.165, 1.54) is 0 Å². The van der Waals surface area contributed by atoms with E-state index in [1.54, 1.807) is 17.0 Å². The number of fused-ring (bicyclic) bond motifs is 4. The van der Waals surface area contributed by atoms with Crippen molar-refractivity contribution in [2.75, 3.05) is 0 Å². The van der Waals surface area contributed by atoms with Crippen LogP contribution in [-0.2, 0) is 6.61 Å². The second kappa shape index (κ2) is 8.81. The van der Waals surface area contributed by atoms with Crippen molar-refractivity contribution in [3.05, 3.63) is 119 Å². The highest BCUT2D eigenvalue weighted by atomic mass is 16.5. The van der Waals surface area contributed by atoms with E-state index in [0.717, 1.165) is 39.4 Å². The Morgan fingerprint density at radius 1 is 0.921 bits per heavy atom. The van der Waals surface area contributed by atoms with Crippen molar-refractivity contribution in [1.82, 2.24) is 34.3 Å². The SMILES string of the molecule is Cc1ccccc1OCc1nc2c3c(ncn2n1)Oc1c(c(C)nn1-c1ccccc1)C3c1cccnc1. The first-order chi connectivity index (χ1) is 18.7. The minimum absolute atomic E-state index is 0.232. The monoisotopic (exact) mass is 501 g/mol. The number of aromatic nitrogens is 7. The van der Waals surface area contributed by atoms with Gasteiger partial charge in [-0.05, 0) is 49.2 Å². The van der Waals surface area contributed by atoms with Crippen LogP contribution in [-0.4, -0.2) is 34.3 Å². The van der Waals surface area contributed by atoms with Crippen LogP contribution in [0.2, 0.25) is 0 Å². The minimum atomic E-state index is -0.245. The van der Waals surface area contributed by atoms with Gasteiger partial charge in [0, 0.05) is 12.4 Å². The van der Waals surface area contributed by atoms with Crippen LogP contribution in [0.25, 0.3) is 11.3 Å². The van der Waals surface area contributed by atoms with Crippen molar-refractivity contribution >= 4 is 5.65 Å². The number of pyridine rings is 1. The summed E-state index contributed by atoms with van der Waals surface area (Å²) in [5.74, 6) is 2.21. The number of rotatable bonds is 5. The van der Waals surface area contributed by atoms with Gasteiger partial charge in [-0.25, -0.2) is 19.2 Å². The topological polar surface area (TPSA) is 92.3 Å². The summed E-state index contributed by atoms with van der Waals surface area (Å²) in [7, 11) is 0. The molecular weight excluding hydrogens is 478 g/mol. The number of aryl methyl sites for hydroxylation is 2. The van der Waals surface area contributed by atoms with Crippen molar-refractivity contribution in [2.24, 2.45) is 0 Å². The lowest BCUT2D eigenvalue weighted by atomic mass is 9.85. The van der Waals surface area contributed by atoms with Gasteiger partial charge in [0.1, 0.15) is 18.7 Å². The van der Waals surface area contributed by atoms with Crippen LogP contribution >= 0.6 is 0 Å². The van der Waals surface area contributed by atoms with E-state index in [2.05, 4.69) is 21.1 Å². The van der Waals surface area contributed by atoms with Gasteiger partial charge in [0.05, 0.1) is 28.4 Å². The number of hydrogen-bond acceptors (Lipinski definition) is 7. The van der Waals surface area contributed by atoms with Gasteiger partial charge in [-0.1, -0.05) is 42.5 Å². The minimum Gasteiger partial charge on any atom is -0.485 e. The lowest BCUT2D eigenvalue weighted by molar-refractivity contribution is 0.294. The normalized spacial score (nSPS) is 14.1. The number of para-hydroxylation sites is 2. The molecule has 0 bridgehead atoms. The Morgan fingerprint density at radius 3 is 2.58 bits per heavy atom. The zero-order chi connectivity index (χ0) is 25.6. The van der Waals surface area contributed by atoms with Crippen LogP contribution in [0.15, 0.2) is 85.5 Å². The highest BCUT2D eigenvalue weighted by Crippen LogP contribution is 2.49. The third-order valence-electron chi connectivity index (χ3n) is 6.73. The Labute approximate surface area is 218 Å². The second-order valence-electron chi connectivity index (χ2n) is 9.19. The highest BCUT2D eigenvalue weighted by molar-refractivity contribution is 5.66. The summed E-state index contributed by atoms with van der Waals surface area (Å²) in [5.41, 5.74) is 6.23. The van der Waals surface area contributed by atoms with Crippen LogP contribution in [0.5, 0.6) is 17.5 Å². The third kappa shape index (κ3) is 3.59. The van der Waals surface area contributed by atoms with E-state index in [1.807, 2.05) is 85.4 Å². The van der Waals surface area contributed by atoms with Gasteiger partial charge >= 0.3 is 0 Å². The van der Waals surface area contributed by atoms with E-state index < -0.39 is 0 Å². The molecule has 9 heteroatoms. The molecule has 6 aromatic rings. The summed E-state index contributed by atoms with van der Waals surface area (Å²) in [6.45, 7) is 4.24. The number of ether oxygens (including phenoxy) is 2. The van der Waals surface area contributed by atoms with Crippen LogP contribution < -0.4 is 9.47 Å². The fourth-order valence-corrected chi connectivity index (χ4v) is 4.97. The molecule has 186 valence electrons. The van der Waals surface area contributed by atoms with Gasteiger partial charge in [-0.2, -0.15) is 5.10 Å². The van der Waals surface area contributed by atoms with Crippen molar-refractivity contribution in [1.29, 1.82) is 0 Å². The molecule has 0 radical (unpaired) electrons. The molecule has 1 atom stereocenters. The molecule has 0 N–H and O–H groups in total. The molecule has 38 heavy (non-hydrogen) atoms. The van der Waals surface area contributed by atoms with E-state index >= 15 is 0 Å². The molecule has 0 amide bonds. The fourth-order valence-electron chi connectivity index (χ4n) is 4.97. The number of hydrogen-bond donors (Lipinski definition) is 0. The highest BCUT2D eigenvalue weighted by Gasteiger charge is 2.38. The van der Waals surface area contributed by atoms with Crippen LogP contribution in [0, 0.1) is 13.8 Å². The Bertz CT molecular complexity index is 1780. The largest absolute Gasteiger partial charge is 0.485 e. The molecule has 1 aliphatic rings. The van der Waals surface area contributed by atoms with Crippen LogP contribution in [0.1, 0.15) is 39.7 Å². The van der Waals surface area contributed by atoms with E-state index in [4.69, 9.17) is 19.6 Å². The second-order valence-corrected chi connectivity index (χ2v) is 9.19. The van der Waals surface area contributed by atoms with Gasteiger partial charge in [0.2, 0.25) is 11.8 Å². The Morgan fingerprint density at radius 2 is 1.76 bits per heavy atom. The first kappa shape index (κ1) is 22.2. The molecule has 1 aliphatic heterocycles. The lowest BCUT2D eigenvalue weighted by Crippen LogP contribution is -2.16. The molecule has 5 heterocycles. The zero-order valence-corrected chi connectivity index (χ0v) is 20.8. The van der Waals surface area contributed by atoms with Crippen molar-refractivity contribution < 1.29 is 9.47 Å². The molecule has 2 aromatic carbocycles. The fraction of sp³-hybridized carbons (Fsp3) is 0.138.